The lowest BCUT2D eigenvalue weighted by Crippen LogP contribution is -2.37. The molecule has 0 bridgehead atoms. The van der Waals surface area contributed by atoms with Crippen molar-refractivity contribution in [1.29, 1.82) is 0 Å². The number of esters is 2. The van der Waals surface area contributed by atoms with Crippen molar-refractivity contribution in [2.24, 2.45) is 0 Å². The van der Waals surface area contributed by atoms with Gasteiger partial charge in [-0.2, -0.15) is 0 Å². The number of hydrogen-bond acceptors (Lipinski definition) is 8. The van der Waals surface area contributed by atoms with Crippen LogP contribution < -0.4 is 4.89 Å². The van der Waals surface area contributed by atoms with Gasteiger partial charge in [0.15, 0.2) is 6.10 Å². The maximum Gasteiger partial charge on any atom is 0.306 e. The number of nitrogens with zero attached hydrogens (tertiary/aromatic N) is 1. The fraction of sp³-hybridized carbons (Fsp3) is 0.808. The summed E-state index contributed by atoms with van der Waals surface area (Å²) >= 11 is 0. The van der Waals surface area contributed by atoms with Crippen LogP contribution in [-0.4, -0.2) is 70.0 Å². The largest absolute Gasteiger partial charge is 0.756 e. The molecule has 0 fully saturated rings. The Morgan fingerprint density at radius 3 is 1.44 bits per heavy atom. The van der Waals surface area contributed by atoms with Gasteiger partial charge in [0, 0.05) is 12.8 Å². The zero-order valence-electron chi connectivity index (χ0n) is 40.8. The van der Waals surface area contributed by atoms with Gasteiger partial charge >= 0.3 is 11.9 Å². The van der Waals surface area contributed by atoms with E-state index in [1.54, 1.807) is 0 Å². The minimum absolute atomic E-state index is 0.0392. The molecule has 62 heavy (non-hydrogen) atoms. The molecule has 0 saturated carbocycles. The van der Waals surface area contributed by atoms with Crippen LogP contribution in [0.25, 0.3) is 0 Å². The highest BCUT2D eigenvalue weighted by molar-refractivity contribution is 7.45. The Morgan fingerprint density at radius 2 is 0.935 bits per heavy atom. The molecule has 1 unspecified atom stereocenters. The number of rotatable bonds is 46. The molecule has 0 saturated heterocycles. The number of hydrogen-bond donors (Lipinski definition) is 0. The summed E-state index contributed by atoms with van der Waals surface area (Å²) < 4.78 is 34.0. The lowest BCUT2D eigenvalue weighted by Gasteiger charge is -2.28. The summed E-state index contributed by atoms with van der Waals surface area (Å²) in [6.45, 7) is 4.09. The molecule has 0 aromatic heterocycles. The standard InChI is InChI=1S/C52H96NO8P/c1-6-8-10-12-14-16-18-20-22-23-24-25-26-27-28-29-31-33-35-37-39-41-43-45-52(55)61-50(49-60-62(56,57)59-47-46-53(3,4)5)48-58-51(54)44-42-40-38-36-34-32-30-21-19-17-15-13-11-9-7-2/h9,11,15,17,21,30,37,39,50H,6-8,10,12-14,16,18-20,22-29,31-36,38,40-49H2,1-5H3/b11-9+,17-15+,30-21+,39-37+/t50-/m1/s1. The summed E-state index contributed by atoms with van der Waals surface area (Å²) in [6.07, 6.45) is 53.0. The van der Waals surface area contributed by atoms with E-state index in [1.807, 2.05) is 21.1 Å². The van der Waals surface area contributed by atoms with Crippen molar-refractivity contribution in [3.05, 3.63) is 48.6 Å². The van der Waals surface area contributed by atoms with Gasteiger partial charge in [-0.3, -0.25) is 14.2 Å². The quantitative estimate of drug-likeness (QED) is 0.0195. The summed E-state index contributed by atoms with van der Waals surface area (Å²) in [6, 6.07) is 0. The van der Waals surface area contributed by atoms with Crippen molar-refractivity contribution < 1.29 is 42.1 Å². The third-order valence-corrected chi connectivity index (χ3v) is 11.8. The van der Waals surface area contributed by atoms with Crippen LogP contribution in [-0.2, 0) is 32.7 Å². The Labute approximate surface area is 382 Å². The van der Waals surface area contributed by atoms with Crippen molar-refractivity contribution in [1.82, 2.24) is 0 Å². The topological polar surface area (TPSA) is 111 Å². The highest BCUT2D eigenvalue weighted by Gasteiger charge is 2.21. The smallest absolute Gasteiger partial charge is 0.306 e. The molecule has 0 aliphatic carbocycles. The number of quaternary nitrogens is 1. The van der Waals surface area contributed by atoms with Crippen LogP contribution in [0.1, 0.15) is 219 Å². The Morgan fingerprint density at radius 1 is 0.516 bits per heavy atom. The molecule has 2 atom stereocenters. The summed E-state index contributed by atoms with van der Waals surface area (Å²) in [5.74, 6) is -0.888. The molecule has 0 aliphatic rings. The second-order valence-electron chi connectivity index (χ2n) is 18.1. The molecule has 0 heterocycles. The van der Waals surface area contributed by atoms with Crippen LogP contribution in [0.5, 0.6) is 0 Å². The van der Waals surface area contributed by atoms with Crippen LogP contribution in [0, 0.1) is 0 Å². The van der Waals surface area contributed by atoms with E-state index >= 15 is 0 Å². The molecule has 362 valence electrons. The predicted molar refractivity (Wildman–Crippen MR) is 259 cm³/mol. The summed E-state index contributed by atoms with van der Waals surface area (Å²) in [4.78, 5) is 37.6. The first-order valence-electron chi connectivity index (χ1n) is 25.3. The average molecular weight is 894 g/mol. The van der Waals surface area contributed by atoms with E-state index < -0.39 is 32.5 Å². The van der Waals surface area contributed by atoms with Gasteiger partial charge in [-0.15, -0.1) is 0 Å². The first-order chi connectivity index (χ1) is 30.0. The van der Waals surface area contributed by atoms with Crippen molar-refractivity contribution in [3.63, 3.8) is 0 Å². The van der Waals surface area contributed by atoms with Gasteiger partial charge in [0.1, 0.15) is 19.8 Å². The van der Waals surface area contributed by atoms with Gasteiger partial charge in [0.05, 0.1) is 27.7 Å². The fourth-order valence-corrected chi connectivity index (χ4v) is 7.64. The molecular formula is C52H96NO8P. The van der Waals surface area contributed by atoms with E-state index in [1.165, 1.54) is 116 Å². The molecule has 0 rings (SSSR count). The van der Waals surface area contributed by atoms with Gasteiger partial charge in [-0.25, -0.2) is 0 Å². The van der Waals surface area contributed by atoms with E-state index in [2.05, 4.69) is 62.5 Å². The second kappa shape index (κ2) is 44.2. The van der Waals surface area contributed by atoms with E-state index in [4.69, 9.17) is 18.5 Å². The van der Waals surface area contributed by atoms with Crippen LogP contribution in [0.4, 0.5) is 0 Å². The summed E-state index contributed by atoms with van der Waals surface area (Å²) in [5, 5.41) is 0. The van der Waals surface area contributed by atoms with Crippen molar-refractivity contribution in [3.8, 4) is 0 Å². The zero-order chi connectivity index (χ0) is 45.7. The van der Waals surface area contributed by atoms with Gasteiger partial charge in [-0.1, -0.05) is 191 Å². The average Bonchev–Trinajstić information content (AvgIpc) is 3.23. The van der Waals surface area contributed by atoms with E-state index in [0.29, 0.717) is 23.9 Å². The van der Waals surface area contributed by atoms with Crippen molar-refractivity contribution in [2.75, 3.05) is 47.5 Å². The third-order valence-electron chi connectivity index (χ3n) is 10.8. The maximum absolute atomic E-state index is 12.7. The first kappa shape index (κ1) is 60.0. The number of phosphoric ester groups is 1. The van der Waals surface area contributed by atoms with Crippen LogP contribution in [0.3, 0.4) is 0 Å². The van der Waals surface area contributed by atoms with Gasteiger partial charge in [-0.05, 0) is 64.2 Å². The Kier molecular flexibility index (Phi) is 42.7. The third kappa shape index (κ3) is 47.4. The number of carbonyl (C=O) groups is 2. The lowest BCUT2D eigenvalue weighted by atomic mass is 10.0. The zero-order valence-corrected chi connectivity index (χ0v) is 41.7. The Balaban J connectivity index is 4.27. The lowest BCUT2D eigenvalue weighted by molar-refractivity contribution is -0.870. The summed E-state index contributed by atoms with van der Waals surface area (Å²) in [7, 11) is 1.14. The molecule has 0 aliphatic heterocycles. The molecule has 0 N–H and O–H groups in total. The molecular weight excluding hydrogens is 798 g/mol. The number of allylic oxidation sites excluding steroid dienone is 8. The number of phosphoric acid groups is 1. The minimum Gasteiger partial charge on any atom is -0.756 e. The highest BCUT2D eigenvalue weighted by atomic mass is 31.2. The predicted octanol–water partition coefficient (Wildman–Crippen LogP) is 14.4. The normalized spacial score (nSPS) is 13.8. The molecule has 0 radical (unpaired) electrons. The fourth-order valence-electron chi connectivity index (χ4n) is 6.91. The SMILES string of the molecule is CC/C=C/C/C=C/C/C=C/CCCCCCCC(=O)OC[C@H](COP(=O)([O-])OCC[N+](C)(C)C)OC(=O)CCC/C=C/CCCCCCCCCCCCCCCCCCCC. The van der Waals surface area contributed by atoms with E-state index in [0.717, 1.165) is 64.2 Å². The van der Waals surface area contributed by atoms with Gasteiger partial charge in [0.25, 0.3) is 7.82 Å². The van der Waals surface area contributed by atoms with Crippen LogP contribution in [0.2, 0.25) is 0 Å². The molecule has 0 amide bonds. The second-order valence-corrected chi connectivity index (χ2v) is 19.6. The van der Waals surface area contributed by atoms with Crippen molar-refractivity contribution >= 4 is 19.8 Å². The number of carbonyl (C=O) groups excluding carboxylic acids is 2. The van der Waals surface area contributed by atoms with Crippen LogP contribution in [0.15, 0.2) is 48.6 Å². The van der Waals surface area contributed by atoms with E-state index in [9.17, 15) is 19.0 Å². The van der Waals surface area contributed by atoms with Gasteiger partial charge in [0.2, 0.25) is 0 Å². The molecule has 0 aromatic rings. The first-order valence-corrected chi connectivity index (χ1v) is 26.8. The minimum atomic E-state index is -4.64. The number of unbranched alkanes of at least 4 members (excludes halogenated alkanes) is 24. The molecule has 10 heteroatoms. The molecule has 0 spiro atoms. The van der Waals surface area contributed by atoms with Crippen LogP contribution >= 0.6 is 7.82 Å². The highest BCUT2D eigenvalue weighted by Crippen LogP contribution is 2.38. The maximum atomic E-state index is 12.7. The van der Waals surface area contributed by atoms with Gasteiger partial charge < -0.3 is 27.9 Å². The number of ether oxygens (including phenoxy) is 2. The molecule has 0 aromatic carbocycles. The molecule has 9 nitrogen and oxygen atoms in total. The summed E-state index contributed by atoms with van der Waals surface area (Å²) in [5.41, 5.74) is 0. The monoisotopic (exact) mass is 894 g/mol. The Bertz CT molecular complexity index is 1190. The number of likely N-dealkylation sites (N-methyl/N-ethyl adjacent to an activating group) is 1. The van der Waals surface area contributed by atoms with E-state index in [-0.39, 0.29) is 26.1 Å². The Hall–Kier alpha value is -2.03. The van der Waals surface area contributed by atoms with Crippen molar-refractivity contribution in [2.45, 2.75) is 225 Å².